The van der Waals surface area contributed by atoms with Crippen molar-refractivity contribution < 1.29 is 19.4 Å². The van der Waals surface area contributed by atoms with Gasteiger partial charge >= 0.3 is 11.9 Å². The maximum absolute atomic E-state index is 10.9. The van der Waals surface area contributed by atoms with Crippen molar-refractivity contribution in [2.45, 2.75) is 25.5 Å². The van der Waals surface area contributed by atoms with E-state index in [4.69, 9.17) is 10.8 Å². The van der Waals surface area contributed by atoms with Crippen LogP contribution in [0.1, 0.15) is 12.5 Å². The highest BCUT2D eigenvalue weighted by atomic mass is 16.6. The van der Waals surface area contributed by atoms with Gasteiger partial charge in [0.25, 0.3) is 0 Å². The zero-order chi connectivity index (χ0) is 12.8. The number of hydrogen-bond donors (Lipinski definition) is 2. The SMILES string of the molecule is CC(=O)O[C@H](C(=O)O)[C@H](N)Cc1ccccc1. The number of esters is 1. The Morgan fingerprint density at radius 3 is 2.41 bits per heavy atom. The molecule has 1 rings (SSSR count). The second-order valence-corrected chi connectivity index (χ2v) is 3.72. The predicted octanol–water partition coefficient (Wildman–Crippen LogP) is 0.573. The molecule has 0 fully saturated rings. The Hall–Kier alpha value is -1.88. The van der Waals surface area contributed by atoms with Gasteiger partial charge in [0, 0.05) is 6.92 Å². The van der Waals surface area contributed by atoms with Gasteiger partial charge in [-0.25, -0.2) is 4.79 Å². The number of aliphatic carboxylic acids is 1. The van der Waals surface area contributed by atoms with E-state index in [1.54, 1.807) is 0 Å². The second kappa shape index (κ2) is 6.00. The molecular weight excluding hydrogens is 222 g/mol. The monoisotopic (exact) mass is 237 g/mol. The van der Waals surface area contributed by atoms with Crippen LogP contribution >= 0.6 is 0 Å². The summed E-state index contributed by atoms with van der Waals surface area (Å²) in [5.74, 6) is -1.88. The summed E-state index contributed by atoms with van der Waals surface area (Å²) < 4.78 is 4.68. The largest absolute Gasteiger partial charge is 0.478 e. The molecule has 2 atom stereocenters. The number of carboxylic acids is 1. The molecule has 1 aromatic carbocycles. The maximum atomic E-state index is 10.9. The minimum absolute atomic E-state index is 0.338. The van der Waals surface area contributed by atoms with Gasteiger partial charge in [-0.3, -0.25) is 4.79 Å². The Morgan fingerprint density at radius 2 is 1.94 bits per heavy atom. The van der Waals surface area contributed by atoms with Crippen LogP contribution in [0.2, 0.25) is 0 Å². The first-order valence-corrected chi connectivity index (χ1v) is 5.20. The van der Waals surface area contributed by atoms with Gasteiger partial charge in [-0.1, -0.05) is 30.3 Å². The fourth-order valence-electron chi connectivity index (χ4n) is 1.49. The van der Waals surface area contributed by atoms with Crippen molar-refractivity contribution in [3.63, 3.8) is 0 Å². The molecule has 1 aromatic rings. The number of nitrogens with two attached hydrogens (primary N) is 1. The standard InChI is InChI=1S/C12H15NO4/c1-8(14)17-11(12(15)16)10(13)7-9-5-3-2-4-6-9/h2-6,10-11H,7,13H2,1H3,(H,15,16)/t10-,11+/m1/s1. The third-order valence-corrected chi connectivity index (χ3v) is 2.24. The summed E-state index contributed by atoms with van der Waals surface area (Å²) in [7, 11) is 0. The van der Waals surface area contributed by atoms with Gasteiger partial charge in [0.05, 0.1) is 6.04 Å². The molecule has 0 aromatic heterocycles. The van der Waals surface area contributed by atoms with Crippen LogP contribution in [0.3, 0.4) is 0 Å². The average molecular weight is 237 g/mol. The lowest BCUT2D eigenvalue weighted by Gasteiger charge is -2.19. The van der Waals surface area contributed by atoms with Gasteiger partial charge in [0.15, 0.2) is 0 Å². The quantitative estimate of drug-likeness (QED) is 0.731. The minimum atomic E-state index is -1.31. The van der Waals surface area contributed by atoms with E-state index in [1.165, 1.54) is 0 Å². The summed E-state index contributed by atoms with van der Waals surface area (Å²) in [6, 6.07) is 8.45. The zero-order valence-corrected chi connectivity index (χ0v) is 9.50. The fraction of sp³-hybridized carbons (Fsp3) is 0.333. The van der Waals surface area contributed by atoms with Crippen LogP contribution in [0.15, 0.2) is 30.3 Å². The normalized spacial score (nSPS) is 13.8. The van der Waals surface area contributed by atoms with Crippen molar-refractivity contribution in [2.24, 2.45) is 5.73 Å². The Bertz CT molecular complexity index is 391. The average Bonchev–Trinajstić information content (AvgIpc) is 2.26. The summed E-state index contributed by atoms with van der Waals surface area (Å²) >= 11 is 0. The summed E-state index contributed by atoms with van der Waals surface area (Å²) in [6.07, 6.45) is -0.974. The van der Waals surface area contributed by atoms with E-state index in [1.807, 2.05) is 30.3 Å². The third-order valence-electron chi connectivity index (χ3n) is 2.24. The van der Waals surface area contributed by atoms with Crippen LogP contribution in [-0.4, -0.2) is 29.2 Å². The molecule has 0 heterocycles. The van der Waals surface area contributed by atoms with E-state index < -0.39 is 24.1 Å². The lowest BCUT2D eigenvalue weighted by atomic mass is 10.0. The molecule has 0 saturated carbocycles. The molecule has 0 unspecified atom stereocenters. The number of carbonyl (C=O) groups excluding carboxylic acids is 1. The Kier molecular flexibility index (Phi) is 4.66. The van der Waals surface area contributed by atoms with Gasteiger partial charge < -0.3 is 15.6 Å². The molecule has 92 valence electrons. The highest BCUT2D eigenvalue weighted by Crippen LogP contribution is 2.07. The Labute approximate surface area is 99.2 Å². The van der Waals surface area contributed by atoms with Crippen LogP contribution in [-0.2, 0) is 20.7 Å². The van der Waals surface area contributed by atoms with E-state index in [2.05, 4.69) is 4.74 Å². The predicted molar refractivity (Wildman–Crippen MR) is 61.3 cm³/mol. The topological polar surface area (TPSA) is 89.6 Å². The van der Waals surface area contributed by atoms with Crippen molar-refractivity contribution in [1.82, 2.24) is 0 Å². The third kappa shape index (κ3) is 4.24. The summed E-state index contributed by atoms with van der Waals surface area (Å²) in [4.78, 5) is 21.7. The summed E-state index contributed by atoms with van der Waals surface area (Å²) in [5, 5.41) is 8.91. The van der Waals surface area contributed by atoms with Gasteiger partial charge in [-0.15, -0.1) is 0 Å². The number of hydrogen-bond acceptors (Lipinski definition) is 4. The smallest absolute Gasteiger partial charge is 0.346 e. The van der Waals surface area contributed by atoms with Crippen LogP contribution in [0, 0.1) is 0 Å². The van der Waals surface area contributed by atoms with Crippen molar-refractivity contribution in [2.75, 3.05) is 0 Å². The van der Waals surface area contributed by atoms with Crippen molar-refractivity contribution in [3.05, 3.63) is 35.9 Å². The highest BCUT2D eigenvalue weighted by Gasteiger charge is 2.28. The molecule has 0 amide bonds. The summed E-state index contributed by atoms with van der Waals surface area (Å²) in [6.45, 7) is 1.16. The number of carboxylic acid groups (broad SMARTS) is 1. The summed E-state index contributed by atoms with van der Waals surface area (Å²) in [5.41, 5.74) is 6.64. The maximum Gasteiger partial charge on any atom is 0.346 e. The molecule has 3 N–H and O–H groups in total. The lowest BCUT2D eigenvalue weighted by molar-refractivity contribution is -0.163. The molecule has 0 aliphatic rings. The lowest BCUT2D eigenvalue weighted by Crippen LogP contribution is -2.44. The molecule has 5 heteroatoms. The molecule has 0 bridgehead atoms. The first kappa shape index (κ1) is 13.2. The molecule has 0 radical (unpaired) electrons. The van der Waals surface area contributed by atoms with Crippen LogP contribution in [0.5, 0.6) is 0 Å². The van der Waals surface area contributed by atoms with Crippen LogP contribution in [0.4, 0.5) is 0 Å². The van der Waals surface area contributed by atoms with Gasteiger partial charge in [-0.05, 0) is 12.0 Å². The van der Waals surface area contributed by atoms with E-state index in [0.29, 0.717) is 6.42 Å². The molecule has 0 aliphatic heterocycles. The minimum Gasteiger partial charge on any atom is -0.478 e. The van der Waals surface area contributed by atoms with Gasteiger partial charge in [0.1, 0.15) is 0 Å². The zero-order valence-electron chi connectivity index (χ0n) is 9.50. The van der Waals surface area contributed by atoms with Crippen molar-refractivity contribution >= 4 is 11.9 Å². The second-order valence-electron chi connectivity index (χ2n) is 3.72. The number of carbonyl (C=O) groups is 2. The van der Waals surface area contributed by atoms with Crippen LogP contribution in [0.25, 0.3) is 0 Å². The van der Waals surface area contributed by atoms with Crippen LogP contribution < -0.4 is 5.73 Å². The van der Waals surface area contributed by atoms with Crippen molar-refractivity contribution in [3.8, 4) is 0 Å². The highest BCUT2D eigenvalue weighted by molar-refractivity contribution is 5.77. The fourth-order valence-corrected chi connectivity index (χ4v) is 1.49. The molecule has 0 spiro atoms. The Balaban J connectivity index is 2.68. The first-order valence-electron chi connectivity index (χ1n) is 5.20. The number of benzene rings is 1. The van der Waals surface area contributed by atoms with Gasteiger partial charge in [-0.2, -0.15) is 0 Å². The molecule has 17 heavy (non-hydrogen) atoms. The first-order chi connectivity index (χ1) is 8.00. The molecule has 0 aliphatic carbocycles. The van der Waals surface area contributed by atoms with E-state index in [9.17, 15) is 9.59 Å². The Morgan fingerprint density at radius 1 is 1.35 bits per heavy atom. The van der Waals surface area contributed by atoms with E-state index >= 15 is 0 Å². The van der Waals surface area contributed by atoms with E-state index in [-0.39, 0.29) is 0 Å². The van der Waals surface area contributed by atoms with E-state index in [0.717, 1.165) is 12.5 Å². The van der Waals surface area contributed by atoms with Gasteiger partial charge in [0.2, 0.25) is 6.10 Å². The molecule has 0 saturated heterocycles. The molecule has 5 nitrogen and oxygen atoms in total. The molecular formula is C12H15NO4. The van der Waals surface area contributed by atoms with Crippen molar-refractivity contribution in [1.29, 1.82) is 0 Å². The number of ether oxygens (including phenoxy) is 1. The number of rotatable bonds is 5.